The number of nitrogens with one attached hydrogen (secondary N) is 1. The minimum atomic E-state index is 0.381. The molecule has 7 heteroatoms. The van der Waals surface area contributed by atoms with Crippen molar-refractivity contribution in [1.29, 1.82) is 5.26 Å². The van der Waals surface area contributed by atoms with E-state index < -0.39 is 0 Å². The summed E-state index contributed by atoms with van der Waals surface area (Å²) in [5.41, 5.74) is 6.24. The van der Waals surface area contributed by atoms with Crippen LogP contribution in [-0.4, -0.2) is 21.7 Å². The van der Waals surface area contributed by atoms with E-state index in [2.05, 4.69) is 37.5 Å². The topological polar surface area (TPSA) is 77.7 Å². The second kappa shape index (κ2) is 7.45. The molecule has 1 N–H and O–H groups in total. The Labute approximate surface area is 168 Å². The lowest BCUT2D eigenvalue weighted by atomic mass is 10.0. The van der Waals surface area contributed by atoms with Crippen LogP contribution >= 0.6 is 11.6 Å². The second-order valence-corrected chi connectivity index (χ2v) is 7.25. The highest BCUT2D eigenvalue weighted by Crippen LogP contribution is 2.29. The van der Waals surface area contributed by atoms with Crippen LogP contribution in [0.15, 0.2) is 36.5 Å². The van der Waals surface area contributed by atoms with Gasteiger partial charge in [0.25, 0.3) is 0 Å². The molecule has 3 aromatic rings. The fourth-order valence-electron chi connectivity index (χ4n) is 3.39. The van der Waals surface area contributed by atoms with Gasteiger partial charge < -0.3 is 10.2 Å². The van der Waals surface area contributed by atoms with Crippen molar-refractivity contribution in [3.8, 4) is 6.07 Å². The summed E-state index contributed by atoms with van der Waals surface area (Å²) in [7, 11) is 0. The number of hydrogen-bond donors (Lipinski definition) is 1. The molecule has 0 aliphatic carbocycles. The van der Waals surface area contributed by atoms with Crippen molar-refractivity contribution in [3.05, 3.63) is 69.6 Å². The summed E-state index contributed by atoms with van der Waals surface area (Å²) >= 11 is 6.25. The van der Waals surface area contributed by atoms with Gasteiger partial charge in [-0.1, -0.05) is 23.7 Å². The third-order valence-corrected chi connectivity index (χ3v) is 5.43. The van der Waals surface area contributed by atoms with E-state index in [0.29, 0.717) is 17.3 Å². The lowest BCUT2D eigenvalue weighted by Crippen LogP contribution is -2.32. The van der Waals surface area contributed by atoms with Crippen LogP contribution in [0, 0.1) is 25.2 Å². The molecular weight excluding hydrogens is 372 g/mol. The predicted molar refractivity (Wildman–Crippen MR) is 110 cm³/mol. The van der Waals surface area contributed by atoms with Crippen molar-refractivity contribution < 1.29 is 0 Å². The highest BCUT2D eigenvalue weighted by Gasteiger charge is 2.22. The van der Waals surface area contributed by atoms with Crippen molar-refractivity contribution in [2.45, 2.75) is 26.8 Å². The molecular formula is C21H19ClN6. The molecule has 0 amide bonds. The first-order chi connectivity index (χ1) is 13.6. The van der Waals surface area contributed by atoms with Gasteiger partial charge in [-0.05, 0) is 48.7 Å². The van der Waals surface area contributed by atoms with Crippen LogP contribution in [0.25, 0.3) is 0 Å². The minimum Gasteiger partial charge on any atom is -0.353 e. The number of anilines is 3. The molecule has 1 aliphatic rings. The Kier molecular flexibility index (Phi) is 4.84. The van der Waals surface area contributed by atoms with Gasteiger partial charge in [0.05, 0.1) is 22.6 Å². The lowest BCUT2D eigenvalue weighted by molar-refractivity contribution is 0.692. The Morgan fingerprint density at radius 3 is 2.79 bits per heavy atom. The Hall–Kier alpha value is -3.17. The van der Waals surface area contributed by atoms with Crippen LogP contribution in [0.3, 0.4) is 0 Å². The summed E-state index contributed by atoms with van der Waals surface area (Å²) in [6.45, 7) is 5.42. The van der Waals surface area contributed by atoms with Crippen molar-refractivity contribution in [1.82, 2.24) is 15.2 Å². The van der Waals surface area contributed by atoms with E-state index in [4.69, 9.17) is 16.9 Å². The van der Waals surface area contributed by atoms with Crippen molar-refractivity contribution in [3.63, 3.8) is 0 Å². The van der Waals surface area contributed by atoms with Crippen LogP contribution in [0.5, 0.6) is 0 Å². The number of fused-ring (bicyclic) bond motifs is 1. The Morgan fingerprint density at radius 2 is 2.00 bits per heavy atom. The number of pyridine rings is 1. The molecule has 6 nitrogen and oxygen atoms in total. The first-order valence-electron chi connectivity index (χ1n) is 9.05. The first kappa shape index (κ1) is 18.2. The molecule has 0 radical (unpaired) electrons. The van der Waals surface area contributed by atoms with Gasteiger partial charge >= 0.3 is 0 Å². The van der Waals surface area contributed by atoms with Crippen LogP contribution in [0.1, 0.15) is 28.1 Å². The number of nitrogens with zero attached hydrogens (tertiary/aromatic N) is 5. The fraction of sp³-hybridized carbons (Fsp3) is 0.238. The average molecular weight is 391 g/mol. The number of nitriles is 1. The highest BCUT2D eigenvalue weighted by molar-refractivity contribution is 6.33. The second-order valence-electron chi connectivity index (χ2n) is 6.84. The molecule has 0 bridgehead atoms. The SMILES string of the molecule is Cc1c(C#N)nnc(N2CCc3ncc(Nc4ccccc4Cl)cc3C2)c1C. The predicted octanol–water partition coefficient (Wildman–Crippen LogP) is 4.32. The summed E-state index contributed by atoms with van der Waals surface area (Å²) in [6, 6.07) is 11.8. The van der Waals surface area contributed by atoms with E-state index in [1.165, 1.54) is 0 Å². The van der Waals surface area contributed by atoms with E-state index in [-0.39, 0.29) is 0 Å². The molecule has 0 atom stereocenters. The number of hydrogen-bond acceptors (Lipinski definition) is 6. The summed E-state index contributed by atoms with van der Waals surface area (Å²) < 4.78 is 0. The molecule has 4 rings (SSSR count). The van der Waals surface area contributed by atoms with Crippen molar-refractivity contribution >= 4 is 28.8 Å². The zero-order valence-corrected chi connectivity index (χ0v) is 16.5. The average Bonchev–Trinajstić information content (AvgIpc) is 2.71. The van der Waals surface area contributed by atoms with Gasteiger partial charge in [-0.15, -0.1) is 10.2 Å². The number of para-hydroxylation sites is 1. The van der Waals surface area contributed by atoms with E-state index in [1.54, 1.807) is 0 Å². The Balaban J connectivity index is 1.61. The lowest BCUT2D eigenvalue weighted by Gasteiger charge is -2.30. The zero-order valence-electron chi connectivity index (χ0n) is 15.7. The molecule has 0 fully saturated rings. The molecule has 1 aliphatic heterocycles. The van der Waals surface area contributed by atoms with Gasteiger partial charge in [0.15, 0.2) is 11.5 Å². The fourth-order valence-corrected chi connectivity index (χ4v) is 3.58. The van der Waals surface area contributed by atoms with Crippen molar-refractivity contribution in [2.24, 2.45) is 0 Å². The van der Waals surface area contributed by atoms with Crippen LogP contribution in [0.4, 0.5) is 17.2 Å². The summed E-state index contributed by atoms with van der Waals surface area (Å²) in [5, 5.41) is 21.5. The first-order valence-corrected chi connectivity index (χ1v) is 9.43. The maximum absolute atomic E-state index is 9.15. The molecule has 0 unspecified atom stereocenters. The number of halogens is 1. The molecule has 28 heavy (non-hydrogen) atoms. The van der Waals surface area contributed by atoms with E-state index in [0.717, 1.165) is 52.5 Å². The van der Waals surface area contributed by atoms with E-state index >= 15 is 0 Å². The van der Waals surface area contributed by atoms with Crippen molar-refractivity contribution in [2.75, 3.05) is 16.8 Å². The molecule has 2 aromatic heterocycles. The van der Waals surface area contributed by atoms with Gasteiger partial charge in [-0.25, -0.2) is 0 Å². The molecule has 1 aromatic carbocycles. The Bertz CT molecular complexity index is 1090. The molecule has 3 heterocycles. The van der Waals surface area contributed by atoms with Crippen LogP contribution in [-0.2, 0) is 13.0 Å². The number of aromatic nitrogens is 3. The van der Waals surface area contributed by atoms with Gasteiger partial charge in [-0.3, -0.25) is 4.98 Å². The highest BCUT2D eigenvalue weighted by atomic mass is 35.5. The number of rotatable bonds is 3. The molecule has 140 valence electrons. The monoisotopic (exact) mass is 390 g/mol. The van der Waals surface area contributed by atoms with Gasteiger partial charge in [-0.2, -0.15) is 5.26 Å². The van der Waals surface area contributed by atoms with Gasteiger partial charge in [0, 0.05) is 25.2 Å². The normalized spacial score (nSPS) is 13.0. The molecule has 0 spiro atoms. The smallest absolute Gasteiger partial charge is 0.166 e. The standard InChI is InChI=1S/C21H19ClN6/c1-13-14(2)21(27-26-20(13)10-23)28-8-7-18-15(12-28)9-16(11-24-18)25-19-6-4-3-5-17(19)22/h3-6,9,11,25H,7-8,12H2,1-2H3. The van der Waals surface area contributed by atoms with Crippen LogP contribution < -0.4 is 10.2 Å². The third-order valence-electron chi connectivity index (χ3n) is 5.10. The molecule has 0 saturated heterocycles. The minimum absolute atomic E-state index is 0.381. The summed E-state index contributed by atoms with van der Waals surface area (Å²) in [6.07, 6.45) is 2.68. The summed E-state index contributed by atoms with van der Waals surface area (Å²) in [4.78, 5) is 6.82. The van der Waals surface area contributed by atoms with E-state index in [9.17, 15) is 0 Å². The maximum Gasteiger partial charge on any atom is 0.166 e. The van der Waals surface area contributed by atoms with Crippen LogP contribution in [0.2, 0.25) is 5.02 Å². The van der Waals surface area contributed by atoms with E-state index in [1.807, 2.05) is 44.3 Å². The quantitative estimate of drug-likeness (QED) is 0.717. The third kappa shape index (κ3) is 3.37. The molecule has 0 saturated carbocycles. The summed E-state index contributed by atoms with van der Waals surface area (Å²) in [5.74, 6) is 0.826. The van der Waals surface area contributed by atoms with Gasteiger partial charge in [0.2, 0.25) is 0 Å². The maximum atomic E-state index is 9.15. The number of benzene rings is 1. The zero-order chi connectivity index (χ0) is 19.7. The Morgan fingerprint density at radius 1 is 1.18 bits per heavy atom. The largest absolute Gasteiger partial charge is 0.353 e. The van der Waals surface area contributed by atoms with Gasteiger partial charge in [0.1, 0.15) is 6.07 Å².